The van der Waals surface area contributed by atoms with Gasteiger partial charge in [-0.25, -0.2) is 4.98 Å². The van der Waals surface area contributed by atoms with Crippen molar-refractivity contribution < 1.29 is 0 Å². The summed E-state index contributed by atoms with van der Waals surface area (Å²) in [6.07, 6.45) is 6.05. The van der Waals surface area contributed by atoms with E-state index in [9.17, 15) is 0 Å². The molecule has 0 saturated heterocycles. The highest BCUT2D eigenvalue weighted by Crippen LogP contribution is 2.25. The van der Waals surface area contributed by atoms with Gasteiger partial charge in [0.1, 0.15) is 5.82 Å². The molecule has 0 amide bonds. The zero-order valence-electron chi connectivity index (χ0n) is 13.7. The SMILES string of the molecule is CCCNC(Cc1nccn1CC)c1c(C)cccc1C. The van der Waals surface area contributed by atoms with E-state index in [4.69, 9.17) is 0 Å². The summed E-state index contributed by atoms with van der Waals surface area (Å²) in [4.78, 5) is 4.54. The highest BCUT2D eigenvalue weighted by atomic mass is 15.1. The van der Waals surface area contributed by atoms with Crippen LogP contribution in [0.15, 0.2) is 30.6 Å². The van der Waals surface area contributed by atoms with Crippen LogP contribution in [-0.4, -0.2) is 16.1 Å². The summed E-state index contributed by atoms with van der Waals surface area (Å²) >= 11 is 0. The molecule has 0 aliphatic carbocycles. The lowest BCUT2D eigenvalue weighted by Crippen LogP contribution is -2.26. The van der Waals surface area contributed by atoms with E-state index in [0.29, 0.717) is 6.04 Å². The molecule has 2 aromatic rings. The predicted molar refractivity (Wildman–Crippen MR) is 88.6 cm³/mol. The Bertz CT molecular complexity index is 551. The van der Waals surface area contributed by atoms with Gasteiger partial charge in [-0.1, -0.05) is 25.1 Å². The molecule has 0 bridgehead atoms. The Hall–Kier alpha value is -1.61. The molecule has 0 fully saturated rings. The molecule has 1 aromatic carbocycles. The maximum absolute atomic E-state index is 4.54. The molecule has 1 atom stereocenters. The Kier molecular flexibility index (Phi) is 5.57. The highest BCUT2D eigenvalue weighted by molar-refractivity contribution is 5.36. The van der Waals surface area contributed by atoms with Crippen molar-refractivity contribution in [3.8, 4) is 0 Å². The quantitative estimate of drug-likeness (QED) is 0.838. The summed E-state index contributed by atoms with van der Waals surface area (Å²) in [5.74, 6) is 1.16. The van der Waals surface area contributed by atoms with Crippen LogP contribution in [-0.2, 0) is 13.0 Å². The Morgan fingerprint density at radius 2 is 1.90 bits per heavy atom. The molecule has 0 radical (unpaired) electrons. The van der Waals surface area contributed by atoms with Crippen molar-refractivity contribution in [3.05, 3.63) is 53.1 Å². The van der Waals surface area contributed by atoms with Gasteiger partial charge in [-0.3, -0.25) is 0 Å². The van der Waals surface area contributed by atoms with Crippen molar-refractivity contribution in [1.82, 2.24) is 14.9 Å². The first-order valence-corrected chi connectivity index (χ1v) is 7.96. The second kappa shape index (κ2) is 7.41. The van der Waals surface area contributed by atoms with Gasteiger partial charge in [0.15, 0.2) is 0 Å². The number of hydrogen-bond acceptors (Lipinski definition) is 2. The average Bonchev–Trinajstić information content (AvgIpc) is 2.91. The van der Waals surface area contributed by atoms with Crippen molar-refractivity contribution in [3.63, 3.8) is 0 Å². The van der Waals surface area contributed by atoms with Gasteiger partial charge in [0.05, 0.1) is 0 Å². The maximum Gasteiger partial charge on any atom is 0.110 e. The van der Waals surface area contributed by atoms with Crippen molar-refractivity contribution in [1.29, 1.82) is 0 Å². The lowest BCUT2D eigenvalue weighted by atomic mass is 9.93. The third kappa shape index (κ3) is 3.73. The van der Waals surface area contributed by atoms with Crippen LogP contribution >= 0.6 is 0 Å². The molecule has 1 aromatic heterocycles. The first-order valence-electron chi connectivity index (χ1n) is 7.96. The normalized spacial score (nSPS) is 12.6. The minimum absolute atomic E-state index is 0.332. The number of aryl methyl sites for hydroxylation is 3. The Labute approximate surface area is 128 Å². The molecule has 1 unspecified atom stereocenters. The molecule has 0 aliphatic heterocycles. The van der Waals surface area contributed by atoms with Crippen LogP contribution in [0, 0.1) is 13.8 Å². The van der Waals surface area contributed by atoms with E-state index in [1.54, 1.807) is 0 Å². The van der Waals surface area contributed by atoms with E-state index in [2.05, 4.69) is 67.0 Å². The van der Waals surface area contributed by atoms with Crippen LogP contribution in [0.1, 0.15) is 48.8 Å². The van der Waals surface area contributed by atoms with Crippen molar-refractivity contribution in [2.45, 2.75) is 53.1 Å². The van der Waals surface area contributed by atoms with Gasteiger partial charge in [-0.2, -0.15) is 0 Å². The lowest BCUT2D eigenvalue weighted by Gasteiger charge is -2.23. The molecule has 0 spiro atoms. The van der Waals surface area contributed by atoms with Crippen LogP contribution in [0.2, 0.25) is 0 Å². The molecule has 0 aliphatic rings. The monoisotopic (exact) mass is 285 g/mol. The summed E-state index contributed by atoms with van der Waals surface area (Å²) in [7, 11) is 0. The fraction of sp³-hybridized carbons (Fsp3) is 0.500. The number of rotatable bonds is 7. The number of nitrogens with one attached hydrogen (secondary N) is 1. The van der Waals surface area contributed by atoms with Crippen LogP contribution in [0.25, 0.3) is 0 Å². The van der Waals surface area contributed by atoms with E-state index in [0.717, 1.165) is 31.8 Å². The number of benzene rings is 1. The molecule has 21 heavy (non-hydrogen) atoms. The molecule has 3 heteroatoms. The molecular formula is C18H27N3. The summed E-state index contributed by atoms with van der Waals surface area (Å²) < 4.78 is 2.23. The number of imidazole rings is 1. The molecular weight excluding hydrogens is 258 g/mol. The second-order valence-corrected chi connectivity index (χ2v) is 5.65. The molecule has 1 N–H and O–H groups in total. The third-order valence-corrected chi connectivity index (χ3v) is 4.06. The lowest BCUT2D eigenvalue weighted by molar-refractivity contribution is 0.503. The first-order chi connectivity index (χ1) is 10.2. The topological polar surface area (TPSA) is 29.9 Å². The largest absolute Gasteiger partial charge is 0.335 e. The van der Waals surface area contributed by atoms with Gasteiger partial charge in [0.25, 0.3) is 0 Å². The van der Waals surface area contributed by atoms with Gasteiger partial charge in [0, 0.05) is 31.4 Å². The molecule has 114 valence electrons. The van der Waals surface area contributed by atoms with E-state index < -0.39 is 0 Å². The fourth-order valence-corrected chi connectivity index (χ4v) is 2.97. The number of aromatic nitrogens is 2. The maximum atomic E-state index is 4.54. The predicted octanol–water partition coefficient (Wildman–Crippen LogP) is 3.80. The van der Waals surface area contributed by atoms with Gasteiger partial charge in [-0.15, -0.1) is 0 Å². The van der Waals surface area contributed by atoms with Crippen LogP contribution < -0.4 is 5.32 Å². The zero-order chi connectivity index (χ0) is 15.2. The van der Waals surface area contributed by atoms with E-state index in [-0.39, 0.29) is 0 Å². The van der Waals surface area contributed by atoms with Crippen molar-refractivity contribution in [2.75, 3.05) is 6.54 Å². The molecule has 1 heterocycles. The summed E-state index contributed by atoms with van der Waals surface area (Å²) in [6, 6.07) is 6.88. The first kappa shape index (κ1) is 15.8. The van der Waals surface area contributed by atoms with E-state index in [1.807, 2.05) is 6.20 Å². The summed E-state index contributed by atoms with van der Waals surface area (Å²) in [6.45, 7) is 10.8. The zero-order valence-corrected chi connectivity index (χ0v) is 13.7. The van der Waals surface area contributed by atoms with Crippen LogP contribution in [0.3, 0.4) is 0 Å². The van der Waals surface area contributed by atoms with Crippen LogP contribution in [0.4, 0.5) is 0 Å². The van der Waals surface area contributed by atoms with E-state index >= 15 is 0 Å². The Morgan fingerprint density at radius 3 is 2.52 bits per heavy atom. The smallest absolute Gasteiger partial charge is 0.110 e. The van der Waals surface area contributed by atoms with Gasteiger partial charge < -0.3 is 9.88 Å². The highest BCUT2D eigenvalue weighted by Gasteiger charge is 2.18. The Morgan fingerprint density at radius 1 is 1.19 bits per heavy atom. The summed E-state index contributed by atoms with van der Waals surface area (Å²) in [5.41, 5.74) is 4.15. The Balaban J connectivity index is 2.30. The van der Waals surface area contributed by atoms with Gasteiger partial charge in [-0.05, 0) is 50.4 Å². The third-order valence-electron chi connectivity index (χ3n) is 4.06. The fourth-order valence-electron chi connectivity index (χ4n) is 2.97. The van der Waals surface area contributed by atoms with Crippen LogP contribution in [0.5, 0.6) is 0 Å². The minimum Gasteiger partial charge on any atom is -0.335 e. The van der Waals surface area contributed by atoms with E-state index in [1.165, 1.54) is 16.7 Å². The molecule has 3 nitrogen and oxygen atoms in total. The number of nitrogens with zero attached hydrogens (tertiary/aromatic N) is 2. The average molecular weight is 285 g/mol. The second-order valence-electron chi connectivity index (χ2n) is 5.65. The van der Waals surface area contributed by atoms with Gasteiger partial charge >= 0.3 is 0 Å². The number of hydrogen-bond donors (Lipinski definition) is 1. The molecule has 2 rings (SSSR count). The minimum atomic E-state index is 0.332. The van der Waals surface area contributed by atoms with Crippen molar-refractivity contribution >= 4 is 0 Å². The molecule has 0 saturated carbocycles. The summed E-state index contributed by atoms with van der Waals surface area (Å²) in [5, 5.41) is 3.70. The van der Waals surface area contributed by atoms with Gasteiger partial charge in [0.2, 0.25) is 0 Å². The standard InChI is InChI=1S/C18H27N3/c1-5-10-19-16(13-17-20-11-12-21(17)6-2)18-14(3)8-7-9-15(18)4/h7-9,11-12,16,19H,5-6,10,13H2,1-4H3. The van der Waals surface area contributed by atoms with Crippen molar-refractivity contribution in [2.24, 2.45) is 0 Å².